The predicted octanol–water partition coefficient (Wildman–Crippen LogP) is 2.67. The molecule has 2 N–H and O–H groups in total. The Labute approximate surface area is 120 Å². The van der Waals surface area contributed by atoms with Gasteiger partial charge in [-0.3, -0.25) is 4.79 Å². The lowest BCUT2D eigenvalue weighted by molar-refractivity contribution is -0.119. The molecule has 0 bridgehead atoms. The van der Waals surface area contributed by atoms with Gasteiger partial charge in [0.05, 0.1) is 5.75 Å². The predicted molar refractivity (Wildman–Crippen MR) is 78.7 cm³/mol. The second kappa shape index (κ2) is 7.81. The monoisotopic (exact) mass is 331 g/mol. The Morgan fingerprint density at radius 3 is 2.83 bits per heavy atom. The Balaban J connectivity index is 2.37. The van der Waals surface area contributed by atoms with E-state index in [1.807, 2.05) is 38.1 Å². The maximum absolute atomic E-state index is 11.7. The highest BCUT2D eigenvalue weighted by molar-refractivity contribution is 9.10. The van der Waals surface area contributed by atoms with E-state index in [2.05, 4.69) is 21.2 Å². The summed E-state index contributed by atoms with van der Waals surface area (Å²) in [5.41, 5.74) is 0. The summed E-state index contributed by atoms with van der Waals surface area (Å²) in [5.74, 6) is 0.455. The van der Waals surface area contributed by atoms with Crippen molar-refractivity contribution in [3.05, 3.63) is 28.7 Å². The van der Waals surface area contributed by atoms with Crippen molar-refractivity contribution in [2.75, 3.05) is 12.4 Å². The Kier molecular flexibility index (Phi) is 6.75. The summed E-state index contributed by atoms with van der Waals surface area (Å²) in [4.78, 5) is 12.8. The van der Waals surface area contributed by atoms with Crippen LogP contribution < -0.4 is 5.32 Å². The van der Waals surface area contributed by atoms with E-state index in [9.17, 15) is 4.79 Å². The average molecular weight is 332 g/mol. The molecule has 1 rings (SSSR count). The molecule has 1 amide bonds. The van der Waals surface area contributed by atoms with Crippen LogP contribution >= 0.6 is 27.7 Å². The molecule has 0 unspecified atom stereocenters. The van der Waals surface area contributed by atoms with Gasteiger partial charge >= 0.3 is 0 Å². The quantitative estimate of drug-likeness (QED) is 0.788. The van der Waals surface area contributed by atoms with Crippen LogP contribution in [0.25, 0.3) is 0 Å². The van der Waals surface area contributed by atoms with Gasteiger partial charge < -0.3 is 10.4 Å². The fraction of sp³-hybridized carbons (Fsp3) is 0.462. The number of hydrogen-bond donors (Lipinski definition) is 2. The third-order valence-electron chi connectivity index (χ3n) is 2.70. The molecule has 0 fully saturated rings. The molecule has 3 nitrogen and oxygen atoms in total. The molecule has 100 valence electrons. The molecule has 2 atom stereocenters. The summed E-state index contributed by atoms with van der Waals surface area (Å²) in [5, 5.41) is 11.9. The highest BCUT2D eigenvalue weighted by atomic mass is 79.9. The van der Waals surface area contributed by atoms with Crippen molar-refractivity contribution in [2.24, 2.45) is 5.92 Å². The van der Waals surface area contributed by atoms with E-state index in [1.165, 1.54) is 11.8 Å². The zero-order valence-corrected chi connectivity index (χ0v) is 12.9. The number of amides is 1. The van der Waals surface area contributed by atoms with E-state index < -0.39 is 0 Å². The number of benzene rings is 1. The Morgan fingerprint density at radius 2 is 2.22 bits per heavy atom. The Hall–Kier alpha value is -0.520. The molecule has 0 spiro atoms. The number of carbonyl (C=O) groups is 1. The molecule has 0 saturated heterocycles. The van der Waals surface area contributed by atoms with Crippen LogP contribution in [0, 0.1) is 5.92 Å². The molecule has 0 radical (unpaired) electrons. The van der Waals surface area contributed by atoms with Gasteiger partial charge in [-0.15, -0.1) is 11.8 Å². The number of halogens is 1. The van der Waals surface area contributed by atoms with Crippen molar-refractivity contribution in [2.45, 2.75) is 24.8 Å². The third-order valence-corrected chi connectivity index (χ3v) is 4.18. The number of thioether (sulfide) groups is 1. The second-order valence-corrected chi connectivity index (χ2v) is 6.23. The molecule has 5 heteroatoms. The zero-order chi connectivity index (χ0) is 13.5. The van der Waals surface area contributed by atoms with Gasteiger partial charge in [0, 0.05) is 22.0 Å². The first-order chi connectivity index (χ1) is 8.52. The topological polar surface area (TPSA) is 49.3 Å². The van der Waals surface area contributed by atoms with Crippen LogP contribution in [0.4, 0.5) is 0 Å². The summed E-state index contributed by atoms with van der Waals surface area (Å²) in [6.45, 7) is 3.90. The van der Waals surface area contributed by atoms with Crippen LogP contribution in [0.2, 0.25) is 0 Å². The number of rotatable bonds is 6. The highest BCUT2D eigenvalue weighted by Gasteiger charge is 2.13. The van der Waals surface area contributed by atoms with Crippen molar-refractivity contribution in [1.82, 2.24) is 5.32 Å². The number of aliphatic hydroxyl groups is 1. The summed E-state index contributed by atoms with van der Waals surface area (Å²) in [6, 6.07) is 7.85. The molecular weight excluding hydrogens is 314 g/mol. The smallest absolute Gasteiger partial charge is 0.230 e. The SMILES string of the molecule is C[C@H](CO)[C@@H](C)NC(=O)CSc1cccc(Br)c1. The molecule has 1 aromatic carbocycles. The maximum atomic E-state index is 11.7. The Bertz CT molecular complexity index is 400. The highest BCUT2D eigenvalue weighted by Crippen LogP contribution is 2.21. The molecule has 0 aliphatic heterocycles. The third kappa shape index (κ3) is 5.42. The Morgan fingerprint density at radius 1 is 1.50 bits per heavy atom. The van der Waals surface area contributed by atoms with Gasteiger partial charge in [-0.2, -0.15) is 0 Å². The summed E-state index contributed by atoms with van der Waals surface area (Å²) < 4.78 is 1.01. The molecule has 18 heavy (non-hydrogen) atoms. The van der Waals surface area contributed by atoms with Gasteiger partial charge in [0.15, 0.2) is 0 Å². The van der Waals surface area contributed by atoms with Crippen molar-refractivity contribution < 1.29 is 9.90 Å². The maximum Gasteiger partial charge on any atom is 0.230 e. The van der Waals surface area contributed by atoms with Gasteiger partial charge in [0.1, 0.15) is 0 Å². The van der Waals surface area contributed by atoms with E-state index in [0.717, 1.165) is 9.37 Å². The fourth-order valence-electron chi connectivity index (χ4n) is 1.30. The van der Waals surface area contributed by atoms with Crippen molar-refractivity contribution in [3.8, 4) is 0 Å². The lowest BCUT2D eigenvalue weighted by Gasteiger charge is -2.19. The molecular formula is C13H18BrNO2S. The summed E-state index contributed by atoms with van der Waals surface area (Å²) in [7, 11) is 0. The van der Waals surface area contributed by atoms with Gasteiger partial charge in [0.2, 0.25) is 5.91 Å². The van der Waals surface area contributed by atoms with Crippen LogP contribution in [0.15, 0.2) is 33.6 Å². The lowest BCUT2D eigenvalue weighted by atomic mass is 10.1. The molecule has 1 aromatic rings. The standard InChI is InChI=1S/C13H18BrNO2S/c1-9(7-16)10(2)15-13(17)8-18-12-5-3-4-11(14)6-12/h3-6,9-10,16H,7-8H2,1-2H3,(H,15,17)/t9-,10-/m1/s1. The van der Waals surface area contributed by atoms with E-state index >= 15 is 0 Å². The van der Waals surface area contributed by atoms with Crippen molar-refractivity contribution in [3.63, 3.8) is 0 Å². The fourth-order valence-corrected chi connectivity index (χ4v) is 2.62. The van der Waals surface area contributed by atoms with E-state index in [0.29, 0.717) is 5.75 Å². The van der Waals surface area contributed by atoms with Gasteiger partial charge in [-0.25, -0.2) is 0 Å². The van der Waals surface area contributed by atoms with Crippen LogP contribution in [-0.2, 0) is 4.79 Å². The summed E-state index contributed by atoms with van der Waals surface area (Å²) in [6.07, 6.45) is 0. The van der Waals surface area contributed by atoms with Gasteiger partial charge in [-0.05, 0) is 31.0 Å². The number of hydrogen-bond acceptors (Lipinski definition) is 3. The number of aliphatic hydroxyl groups excluding tert-OH is 1. The van der Waals surface area contributed by atoms with Crippen molar-refractivity contribution in [1.29, 1.82) is 0 Å². The van der Waals surface area contributed by atoms with Crippen LogP contribution in [0.5, 0.6) is 0 Å². The minimum atomic E-state index is -0.00869. The zero-order valence-electron chi connectivity index (χ0n) is 10.5. The van der Waals surface area contributed by atoms with E-state index in [-0.39, 0.29) is 24.5 Å². The lowest BCUT2D eigenvalue weighted by Crippen LogP contribution is -2.39. The minimum absolute atomic E-state index is 0.00669. The molecule has 0 aliphatic rings. The molecule has 0 heterocycles. The van der Waals surface area contributed by atoms with Gasteiger partial charge in [0.25, 0.3) is 0 Å². The average Bonchev–Trinajstić information content (AvgIpc) is 2.35. The normalized spacial score (nSPS) is 14.0. The largest absolute Gasteiger partial charge is 0.396 e. The van der Waals surface area contributed by atoms with Crippen LogP contribution in [0.3, 0.4) is 0 Å². The summed E-state index contributed by atoms with van der Waals surface area (Å²) >= 11 is 4.90. The molecule has 0 aromatic heterocycles. The molecule has 0 saturated carbocycles. The minimum Gasteiger partial charge on any atom is -0.396 e. The first-order valence-corrected chi connectivity index (χ1v) is 7.59. The number of nitrogens with one attached hydrogen (secondary N) is 1. The van der Waals surface area contributed by atoms with Gasteiger partial charge in [-0.1, -0.05) is 28.9 Å². The van der Waals surface area contributed by atoms with E-state index in [4.69, 9.17) is 5.11 Å². The molecule has 0 aliphatic carbocycles. The van der Waals surface area contributed by atoms with Crippen LogP contribution in [-0.4, -0.2) is 29.4 Å². The first kappa shape index (κ1) is 15.5. The second-order valence-electron chi connectivity index (χ2n) is 4.26. The number of carbonyl (C=O) groups excluding carboxylic acids is 1. The first-order valence-electron chi connectivity index (χ1n) is 5.81. The van der Waals surface area contributed by atoms with E-state index in [1.54, 1.807) is 0 Å². The van der Waals surface area contributed by atoms with Crippen LogP contribution in [0.1, 0.15) is 13.8 Å². The van der Waals surface area contributed by atoms with Crippen molar-refractivity contribution >= 4 is 33.6 Å².